The number of hydrogen-bond acceptors (Lipinski definition) is 4. The van der Waals surface area contributed by atoms with Crippen LogP contribution < -0.4 is 0 Å². The molecule has 1 aromatic carbocycles. The summed E-state index contributed by atoms with van der Waals surface area (Å²) < 4.78 is 41.4. The van der Waals surface area contributed by atoms with Crippen LogP contribution in [-0.4, -0.2) is 46.5 Å². The van der Waals surface area contributed by atoms with Gasteiger partial charge in [0, 0.05) is 36.4 Å². The van der Waals surface area contributed by atoms with Crippen molar-refractivity contribution in [1.82, 2.24) is 4.90 Å². The van der Waals surface area contributed by atoms with Crippen LogP contribution in [0, 0.1) is 5.82 Å². The average Bonchev–Trinajstić information content (AvgIpc) is 2.36. The van der Waals surface area contributed by atoms with Crippen molar-refractivity contribution in [2.45, 2.75) is 4.90 Å². The van der Waals surface area contributed by atoms with Gasteiger partial charge in [0.1, 0.15) is 4.90 Å². The Bertz CT molecular complexity index is 621. The highest BCUT2D eigenvalue weighted by Crippen LogP contribution is 2.26. The van der Waals surface area contributed by atoms with E-state index in [1.165, 1.54) is 19.1 Å². The molecule has 9 heteroatoms. The quantitative estimate of drug-likeness (QED) is 0.768. The molecule has 0 N–H and O–H groups in total. The molecule has 0 aliphatic carbocycles. The summed E-state index contributed by atoms with van der Waals surface area (Å²) in [5, 5.41) is -0.103. The van der Waals surface area contributed by atoms with Crippen molar-refractivity contribution in [2.24, 2.45) is 0 Å². The van der Waals surface area contributed by atoms with E-state index in [1.807, 2.05) is 0 Å². The number of rotatable bonds is 5. The van der Waals surface area contributed by atoms with Crippen molar-refractivity contribution in [3.63, 3.8) is 0 Å². The topological polar surface area (TPSA) is 63.7 Å². The minimum Gasteiger partial charge on any atom is -0.383 e. The molecule has 1 aromatic rings. The van der Waals surface area contributed by atoms with Crippen LogP contribution in [0.4, 0.5) is 4.39 Å². The number of ether oxygens (including phenoxy) is 1. The number of halogens is 3. The smallest absolute Gasteiger partial charge is 0.264 e. The first kappa shape index (κ1) is 17.2. The van der Waals surface area contributed by atoms with E-state index in [9.17, 15) is 17.6 Å². The molecule has 0 atom stereocenters. The highest BCUT2D eigenvalue weighted by Gasteiger charge is 2.25. The molecule has 1 amide bonds. The van der Waals surface area contributed by atoms with Gasteiger partial charge in [0.2, 0.25) is 0 Å². The van der Waals surface area contributed by atoms with E-state index in [0.29, 0.717) is 0 Å². The summed E-state index contributed by atoms with van der Waals surface area (Å²) >= 11 is 5.70. The second-order valence-electron chi connectivity index (χ2n) is 3.92. The van der Waals surface area contributed by atoms with Gasteiger partial charge in [0.05, 0.1) is 12.2 Å². The molecule has 0 unspecified atom stereocenters. The predicted molar refractivity (Wildman–Crippen MR) is 73.3 cm³/mol. The van der Waals surface area contributed by atoms with Gasteiger partial charge < -0.3 is 9.64 Å². The van der Waals surface area contributed by atoms with Gasteiger partial charge in [0.25, 0.3) is 15.0 Å². The van der Waals surface area contributed by atoms with Crippen molar-refractivity contribution in [3.8, 4) is 0 Å². The first-order valence-corrected chi connectivity index (χ1v) is 8.05. The first-order chi connectivity index (χ1) is 9.18. The van der Waals surface area contributed by atoms with E-state index < -0.39 is 31.2 Å². The Morgan fingerprint density at radius 3 is 2.55 bits per heavy atom. The van der Waals surface area contributed by atoms with Crippen LogP contribution >= 0.6 is 22.3 Å². The Balaban J connectivity index is 3.26. The molecule has 0 saturated heterocycles. The second kappa shape index (κ2) is 6.71. The zero-order valence-electron chi connectivity index (χ0n) is 10.7. The van der Waals surface area contributed by atoms with Gasteiger partial charge in [-0.15, -0.1) is 0 Å². The molecule has 5 nitrogen and oxygen atoms in total. The largest absolute Gasteiger partial charge is 0.383 e. The van der Waals surface area contributed by atoms with Gasteiger partial charge in [-0.05, 0) is 12.1 Å². The highest BCUT2D eigenvalue weighted by molar-refractivity contribution is 8.13. The Hall–Kier alpha value is -0.890. The second-order valence-corrected chi connectivity index (χ2v) is 6.89. The molecule has 20 heavy (non-hydrogen) atoms. The molecule has 112 valence electrons. The van der Waals surface area contributed by atoms with Crippen molar-refractivity contribution in [1.29, 1.82) is 0 Å². The number of likely N-dealkylation sites (N-methyl/N-ethyl adjacent to an activating group) is 1. The average molecular weight is 344 g/mol. The van der Waals surface area contributed by atoms with Gasteiger partial charge in [-0.1, -0.05) is 11.6 Å². The number of benzene rings is 1. The van der Waals surface area contributed by atoms with Gasteiger partial charge in [-0.25, -0.2) is 12.8 Å². The van der Waals surface area contributed by atoms with Crippen LogP contribution in [0.25, 0.3) is 0 Å². The Morgan fingerprint density at radius 1 is 1.45 bits per heavy atom. The first-order valence-electron chi connectivity index (χ1n) is 5.36. The molecule has 0 spiro atoms. The summed E-state index contributed by atoms with van der Waals surface area (Å²) in [4.78, 5) is 12.4. The Kier molecular flexibility index (Phi) is 5.76. The van der Waals surface area contributed by atoms with Crippen LogP contribution in [-0.2, 0) is 13.8 Å². The van der Waals surface area contributed by atoms with Crippen LogP contribution in [0.5, 0.6) is 0 Å². The van der Waals surface area contributed by atoms with E-state index in [2.05, 4.69) is 0 Å². The third-order valence-electron chi connectivity index (χ3n) is 2.47. The van der Waals surface area contributed by atoms with Gasteiger partial charge >= 0.3 is 0 Å². The molecule has 0 heterocycles. The Morgan fingerprint density at radius 2 is 2.05 bits per heavy atom. The third kappa shape index (κ3) is 4.05. The fourth-order valence-corrected chi connectivity index (χ4v) is 2.64. The summed E-state index contributed by atoms with van der Waals surface area (Å²) in [7, 11) is 3.65. The SMILES string of the molecule is COCCN(C)C(=O)c1cc(Cl)cc(S(=O)(=O)Cl)c1F. The van der Waals surface area contributed by atoms with Crippen LogP contribution in [0.1, 0.15) is 10.4 Å². The number of carbonyl (C=O) groups is 1. The Labute approximate surface area is 125 Å². The molecule has 0 aromatic heterocycles. The van der Waals surface area contributed by atoms with Crippen LogP contribution in [0.15, 0.2) is 17.0 Å². The maximum atomic E-state index is 14.1. The lowest BCUT2D eigenvalue weighted by Crippen LogP contribution is -2.30. The summed E-state index contributed by atoms with van der Waals surface area (Å²) in [5.74, 6) is -1.94. The molecule has 0 aliphatic rings. The van der Waals surface area contributed by atoms with Gasteiger partial charge in [-0.2, -0.15) is 0 Å². The van der Waals surface area contributed by atoms with E-state index in [-0.39, 0.29) is 18.2 Å². The zero-order chi connectivity index (χ0) is 15.5. The van der Waals surface area contributed by atoms with Crippen molar-refractivity contribution in [3.05, 3.63) is 28.5 Å². The number of carbonyl (C=O) groups excluding carboxylic acids is 1. The number of methoxy groups -OCH3 is 1. The maximum Gasteiger partial charge on any atom is 0.264 e. The summed E-state index contributed by atoms with van der Waals surface area (Å²) in [6.07, 6.45) is 0. The van der Waals surface area contributed by atoms with Gasteiger partial charge in [0.15, 0.2) is 5.82 Å². The predicted octanol–water partition coefficient (Wildman–Crippen LogP) is 2.12. The van der Waals surface area contributed by atoms with E-state index in [1.54, 1.807) is 0 Å². The number of amides is 1. The molecular weight excluding hydrogens is 332 g/mol. The lowest BCUT2D eigenvalue weighted by atomic mass is 10.2. The molecule has 1 rings (SSSR count). The molecule has 0 saturated carbocycles. The molecule has 0 aliphatic heterocycles. The van der Waals surface area contributed by atoms with Crippen molar-refractivity contribution in [2.75, 3.05) is 27.3 Å². The number of nitrogens with zero attached hydrogens (tertiary/aromatic N) is 1. The molecule has 0 fully saturated rings. The summed E-state index contributed by atoms with van der Waals surface area (Å²) in [6, 6.07) is 1.90. The molecular formula is C11H12Cl2FNO4S. The van der Waals surface area contributed by atoms with Crippen LogP contribution in [0.3, 0.4) is 0 Å². The van der Waals surface area contributed by atoms with E-state index >= 15 is 0 Å². The third-order valence-corrected chi connectivity index (χ3v) is 4.01. The minimum atomic E-state index is -4.34. The maximum absolute atomic E-state index is 14.1. The summed E-state index contributed by atoms with van der Waals surface area (Å²) in [6.45, 7) is 0.468. The van der Waals surface area contributed by atoms with Gasteiger partial charge in [-0.3, -0.25) is 4.79 Å². The highest BCUT2D eigenvalue weighted by atomic mass is 35.7. The minimum absolute atomic E-state index is 0.103. The van der Waals surface area contributed by atoms with Crippen molar-refractivity contribution >= 4 is 37.2 Å². The lowest BCUT2D eigenvalue weighted by molar-refractivity contribution is 0.0739. The van der Waals surface area contributed by atoms with E-state index in [4.69, 9.17) is 27.0 Å². The normalized spacial score (nSPS) is 11.4. The van der Waals surface area contributed by atoms with E-state index in [0.717, 1.165) is 12.1 Å². The lowest BCUT2D eigenvalue weighted by Gasteiger charge is -2.17. The summed E-state index contributed by atoms with van der Waals surface area (Å²) in [5.41, 5.74) is -0.463. The standard InChI is InChI=1S/C11H12Cl2FNO4S/c1-15(3-4-19-2)11(16)8-5-7(12)6-9(10(8)14)20(13,17)18/h5-6H,3-4H2,1-2H3. The number of hydrogen-bond donors (Lipinski definition) is 0. The fourth-order valence-electron chi connectivity index (χ4n) is 1.43. The van der Waals surface area contributed by atoms with Crippen molar-refractivity contribution < 1.29 is 22.3 Å². The van der Waals surface area contributed by atoms with Crippen LogP contribution in [0.2, 0.25) is 5.02 Å². The molecule has 0 radical (unpaired) electrons. The monoisotopic (exact) mass is 343 g/mol. The zero-order valence-corrected chi connectivity index (χ0v) is 13.0. The molecule has 0 bridgehead atoms. The fraction of sp³-hybridized carbons (Fsp3) is 0.364.